The number of methoxy groups -OCH3 is 1. The van der Waals surface area contributed by atoms with Crippen molar-refractivity contribution in [2.75, 3.05) is 46.4 Å². The number of ether oxygens (including phenoxy) is 1. The van der Waals surface area contributed by atoms with Gasteiger partial charge in [0.25, 0.3) is 0 Å². The summed E-state index contributed by atoms with van der Waals surface area (Å²) in [4.78, 5) is 15.3. The first-order valence-corrected chi connectivity index (χ1v) is 12.4. The van der Waals surface area contributed by atoms with Crippen LogP contribution in [0.5, 0.6) is 5.75 Å². The van der Waals surface area contributed by atoms with Crippen molar-refractivity contribution >= 4 is 15.9 Å². The molecule has 0 aromatic heterocycles. The summed E-state index contributed by atoms with van der Waals surface area (Å²) in [5, 5.41) is 3.04. The van der Waals surface area contributed by atoms with E-state index >= 15 is 0 Å². The molecule has 2 aliphatic rings. The summed E-state index contributed by atoms with van der Waals surface area (Å²) in [6, 6.07) is 6.39. The van der Waals surface area contributed by atoms with Crippen LogP contribution in [0.4, 0.5) is 0 Å². The summed E-state index contributed by atoms with van der Waals surface area (Å²) in [6.07, 6.45) is 2.68. The molecule has 0 aliphatic carbocycles. The molecule has 2 aliphatic heterocycles. The molecule has 0 spiro atoms. The molecule has 1 aromatic rings. The molecule has 2 fully saturated rings. The summed E-state index contributed by atoms with van der Waals surface area (Å²) >= 11 is 0. The number of nitrogens with one attached hydrogen (secondary N) is 1. The molecule has 2 saturated heterocycles. The minimum absolute atomic E-state index is 0.0391. The SMILES string of the molecule is COc1ccc(S(=O)(=O)N2CCCC(C(=O)NCCN3CC(C)CC(C)C3)C2)cc1. The highest BCUT2D eigenvalue weighted by Crippen LogP contribution is 2.25. The molecule has 0 radical (unpaired) electrons. The number of benzene rings is 1. The second-order valence-corrected chi connectivity index (χ2v) is 10.8. The second kappa shape index (κ2) is 10.1. The monoisotopic (exact) mass is 437 g/mol. The van der Waals surface area contributed by atoms with E-state index in [0.717, 1.165) is 26.1 Å². The number of hydrogen-bond donors (Lipinski definition) is 1. The molecule has 3 rings (SSSR count). The fourth-order valence-corrected chi connectivity index (χ4v) is 6.25. The zero-order valence-electron chi connectivity index (χ0n) is 18.3. The number of rotatable bonds is 7. The van der Waals surface area contributed by atoms with Gasteiger partial charge in [-0.15, -0.1) is 0 Å². The number of carbonyl (C=O) groups excluding carboxylic acids is 1. The molecule has 3 unspecified atom stereocenters. The first kappa shape index (κ1) is 23.0. The van der Waals surface area contributed by atoms with Crippen molar-refractivity contribution in [3.05, 3.63) is 24.3 Å². The van der Waals surface area contributed by atoms with Crippen molar-refractivity contribution in [3.8, 4) is 5.75 Å². The van der Waals surface area contributed by atoms with E-state index < -0.39 is 10.0 Å². The van der Waals surface area contributed by atoms with Crippen molar-refractivity contribution in [2.45, 2.75) is 38.0 Å². The highest BCUT2D eigenvalue weighted by molar-refractivity contribution is 7.89. The Morgan fingerprint density at radius 2 is 1.80 bits per heavy atom. The van der Waals surface area contributed by atoms with Crippen molar-refractivity contribution in [3.63, 3.8) is 0 Å². The zero-order chi connectivity index (χ0) is 21.7. The fourth-order valence-electron chi connectivity index (χ4n) is 4.73. The number of piperidine rings is 2. The van der Waals surface area contributed by atoms with Crippen LogP contribution in [0.25, 0.3) is 0 Å². The van der Waals surface area contributed by atoms with Crippen LogP contribution in [0.1, 0.15) is 33.1 Å². The van der Waals surface area contributed by atoms with Gasteiger partial charge in [0, 0.05) is 39.3 Å². The van der Waals surface area contributed by atoms with Crippen LogP contribution in [0, 0.1) is 17.8 Å². The number of hydrogen-bond acceptors (Lipinski definition) is 5. The topological polar surface area (TPSA) is 79.0 Å². The summed E-state index contributed by atoms with van der Waals surface area (Å²) in [7, 11) is -2.07. The van der Waals surface area contributed by atoms with E-state index in [4.69, 9.17) is 4.74 Å². The molecular formula is C22H35N3O4S. The minimum atomic E-state index is -3.61. The molecule has 168 valence electrons. The average molecular weight is 438 g/mol. The molecule has 7 nitrogen and oxygen atoms in total. The highest BCUT2D eigenvalue weighted by Gasteiger charge is 2.33. The third-order valence-electron chi connectivity index (χ3n) is 6.12. The van der Waals surface area contributed by atoms with Gasteiger partial charge in [0.1, 0.15) is 5.75 Å². The number of sulfonamides is 1. The number of amides is 1. The van der Waals surface area contributed by atoms with Gasteiger partial charge in [-0.3, -0.25) is 4.79 Å². The Morgan fingerprint density at radius 3 is 2.43 bits per heavy atom. The van der Waals surface area contributed by atoms with Crippen molar-refractivity contribution in [1.82, 2.24) is 14.5 Å². The summed E-state index contributed by atoms with van der Waals surface area (Å²) in [6.45, 7) is 8.86. The van der Waals surface area contributed by atoms with Crippen LogP contribution in [0.2, 0.25) is 0 Å². The van der Waals surface area contributed by atoms with Gasteiger partial charge < -0.3 is 15.0 Å². The predicted molar refractivity (Wildman–Crippen MR) is 117 cm³/mol. The molecule has 30 heavy (non-hydrogen) atoms. The van der Waals surface area contributed by atoms with Gasteiger partial charge in [-0.1, -0.05) is 13.8 Å². The predicted octanol–water partition coefficient (Wildman–Crippen LogP) is 2.19. The van der Waals surface area contributed by atoms with E-state index in [0.29, 0.717) is 37.1 Å². The van der Waals surface area contributed by atoms with Gasteiger partial charge in [-0.25, -0.2) is 8.42 Å². The lowest BCUT2D eigenvalue weighted by Gasteiger charge is -2.35. The lowest BCUT2D eigenvalue weighted by Crippen LogP contribution is -2.47. The van der Waals surface area contributed by atoms with Gasteiger partial charge in [0.2, 0.25) is 15.9 Å². The van der Waals surface area contributed by atoms with Crippen molar-refractivity contribution < 1.29 is 17.9 Å². The molecule has 0 saturated carbocycles. The molecular weight excluding hydrogens is 402 g/mol. The van der Waals surface area contributed by atoms with Gasteiger partial charge in [-0.2, -0.15) is 4.31 Å². The zero-order valence-corrected chi connectivity index (χ0v) is 19.2. The first-order chi connectivity index (χ1) is 14.3. The molecule has 1 amide bonds. The Morgan fingerprint density at radius 1 is 1.13 bits per heavy atom. The number of likely N-dealkylation sites (tertiary alicyclic amines) is 1. The molecule has 0 bridgehead atoms. The van der Waals surface area contributed by atoms with Gasteiger partial charge in [0.15, 0.2) is 0 Å². The maximum Gasteiger partial charge on any atom is 0.243 e. The van der Waals surface area contributed by atoms with E-state index in [-0.39, 0.29) is 23.3 Å². The Bertz CT molecular complexity index is 802. The van der Waals surface area contributed by atoms with Crippen LogP contribution in [-0.2, 0) is 14.8 Å². The van der Waals surface area contributed by atoms with E-state index in [9.17, 15) is 13.2 Å². The lowest BCUT2D eigenvalue weighted by atomic mass is 9.92. The quantitative estimate of drug-likeness (QED) is 0.707. The average Bonchev–Trinajstić information content (AvgIpc) is 2.73. The summed E-state index contributed by atoms with van der Waals surface area (Å²) in [5.74, 6) is 1.66. The molecule has 2 heterocycles. The number of carbonyl (C=O) groups is 1. The van der Waals surface area contributed by atoms with Crippen LogP contribution in [0.3, 0.4) is 0 Å². The summed E-state index contributed by atoms with van der Waals surface area (Å²) in [5.41, 5.74) is 0. The largest absolute Gasteiger partial charge is 0.497 e. The van der Waals surface area contributed by atoms with Crippen molar-refractivity contribution in [1.29, 1.82) is 0 Å². The van der Waals surface area contributed by atoms with Gasteiger partial charge in [-0.05, 0) is 55.4 Å². The second-order valence-electron chi connectivity index (χ2n) is 8.87. The number of nitrogens with zero attached hydrogens (tertiary/aromatic N) is 2. The van der Waals surface area contributed by atoms with Gasteiger partial charge in [0.05, 0.1) is 17.9 Å². The van der Waals surface area contributed by atoms with Crippen LogP contribution in [0.15, 0.2) is 29.2 Å². The third kappa shape index (κ3) is 5.74. The van der Waals surface area contributed by atoms with E-state index in [1.165, 1.54) is 10.7 Å². The Labute approximate surface area is 180 Å². The Kier molecular flexibility index (Phi) is 7.76. The normalized spacial score (nSPS) is 26.3. The molecule has 3 atom stereocenters. The fraction of sp³-hybridized carbons (Fsp3) is 0.682. The maximum atomic E-state index is 13.0. The van der Waals surface area contributed by atoms with Crippen LogP contribution < -0.4 is 10.1 Å². The minimum Gasteiger partial charge on any atom is -0.497 e. The van der Waals surface area contributed by atoms with Gasteiger partial charge >= 0.3 is 0 Å². The Hall–Kier alpha value is -1.64. The van der Waals surface area contributed by atoms with Crippen LogP contribution >= 0.6 is 0 Å². The molecule has 1 aromatic carbocycles. The lowest BCUT2D eigenvalue weighted by molar-refractivity contribution is -0.126. The maximum absolute atomic E-state index is 13.0. The van der Waals surface area contributed by atoms with E-state index in [2.05, 4.69) is 24.1 Å². The molecule has 8 heteroatoms. The van der Waals surface area contributed by atoms with Crippen molar-refractivity contribution in [2.24, 2.45) is 17.8 Å². The summed E-state index contributed by atoms with van der Waals surface area (Å²) < 4.78 is 32.5. The van der Waals surface area contributed by atoms with E-state index in [1.54, 1.807) is 31.4 Å². The molecule has 1 N–H and O–H groups in total. The van der Waals surface area contributed by atoms with E-state index in [1.807, 2.05) is 0 Å². The van der Waals surface area contributed by atoms with Crippen LogP contribution in [-0.4, -0.2) is 69.9 Å². The Balaban J connectivity index is 1.52. The standard InChI is InChI=1S/C22H35N3O4S/c1-17-13-18(2)15-24(14-17)12-10-23-22(26)19-5-4-11-25(16-19)30(27,28)21-8-6-20(29-3)7-9-21/h6-9,17-19H,4-5,10-16H2,1-3H3,(H,23,26). The highest BCUT2D eigenvalue weighted by atomic mass is 32.2. The third-order valence-corrected chi connectivity index (χ3v) is 8.00. The smallest absolute Gasteiger partial charge is 0.243 e. The first-order valence-electron chi connectivity index (χ1n) is 10.9.